The van der Waals surface area contributed by atoms with Gasteiger partial charge in [-0.05, 0) is 44.9 Å². The van der Waals surface area contributed by atoms with E-state index in [0.29, 0.717) is 31.5 Å². The van der Waals surface area contributed by atoms with Crippen molar-refractivity contribution in [2.45, 2.75) is 57.9 Å². The molecule has 0 spiro atoms. The molecule has 8 nitrogen and oxygen atoms in total. The molecule has 2 heterocycles. The molecule has 2 saturated heterocycles. The molecular formula is C20H37N5O3S. The third-order valence-electron chi connectivity index (χ3n) is 6.44. The van der Waals surface area contributed by atoms with Gasteiger partial charge in [-0.1, -0.05) is 12.8 Å². The standard InChI is InChI=1S/C20H37N5O3S/c1-3-21-20(22-14-16-8-12-25(13-9-16)29(2,27)28)23-18-10-11-24(15-18)19(26)17-6-4-5-7-17/h16-18H,3-15H2,1-2H3,(H2,21,22,23). The molecule has 2 aliphatic heterocycles. The molecule has 0 aromatic carbocycles. The van der Waals surface area contributed by atoms with E-state index >= 15 is 0 Å². The van der Waals surface area contributed by atoms with Crippen molar-refractivity contribution in [2.75, 3.05) is 45.5 Å². The predicted molar refractivity (Wildman–Crippen MR) is 115 cm³/mol. The summed E-state index contributed by atoms with van der Waals surface area (Å²) in [5.74, 6) is 1.80. The largest absolute Gasteiger partial charge is 0.357 e. The second-order valence-corrected chi connectivity index (χ2v) is 10.7. The molecule has 3 aliphatic rings. The fraction of sp³-hybridized carbons (Fsp3) is 0.900. The van der Waals surface area contributed by atoms with Gasteiger partial charge < -0.3 is 15.5 Å². The maximum Gasteiger partial charge on any atom is 0.225 e. The van der Waals surface area contributed by atoms with Crippen LogP contribution < -0.4 is 10.6 Å². The molecule has 0 radical (unpaired) electrons. The normalized spacial score (nSPS) is 25.5. The van der Waals surface area contributed by atoms with Crippen LogP contribution in [0.3, 0.4) is 0 Å². The number of guanidine groups is 1. The molecule has 1 unspecified atom stereocenters. The van der Waals surface area contributed by atoms with Crippen molar-refractivity contribution in [3.8, 4) is 0 Å². The Balaban J connectivity index is 1.47. The Kier molecular flexibility index (Phi) is 7.79. The van der Waals surface area contributed by atoms with Crippen molar-refractivity contribution in [3.05, 3.63) is 0 Å². The third-order valence-corrected chi connectivity index (χ3v) is 7.74. The topological polar surface area (TPSA) is 94.1 Å². The highest BCUT2D eigenvalue weighted by atomic mass is 32.2. The Bertz CT molecular complexity index is 682. The highest BCUT2D eigenvalue weighted by Crippen LogP contribution is 2.28. The summed E-state index contributed by atoms with van der Waals surface area (Å²) in [6.45, 7) is 6.29. The first-order valence-corrected chi connectivity index (χ1v) is 13.0. The van der Waals surface area contributed by atoms with E-state index in [1.54, 1.807) is 4.31 Å². The van der Waals surface area contributed by atoms with Crippen LogP contribution in [0, 0.1) is 11.8 Å². The van der Waals surface area contributed by atoms with E-state index in [4.69, 9.17) is 4.99 Å². The van der Waals surface area contributed by atoms with Crippen LogP contribution in [-0.2, 0) is 14.8 Å². The predicted octanol–water partition coefficient (Wildman–Crippen LogP) is 1.00. The van der Waals surface area contributed by atoms with Crippen molar-refractivity contribution in [1.82, 2.24) is 19.8 Å². The molecule has 166 valence electrons. The highest BCUT2D eigenvalue weighted by molar-refractivity contribution is 7.88. The van der Waals surface area contributed by atoms with Crippen LogP contribution in [0.1, 0.15) is 51.9 Å². The smallest absolute Gasteiger partial charge is 0.225 e. The highest BCUT2D eigenvalue weighted by Gasteiger charge is 2.32. The summed E-state index contributed by atoms with van der Waals surface area (Å²) < 4.78 is 24.9. The fourth-order valence-corrected chi connectivity index (χ4v) is 5.54. The molecule has 1 aliphatic carbocycles. The first kappa shape index (κ1) is 22.3. The van der Waals surface area contributed by atoms with Gasteiger partial charge in [0, 0.05) is 51.2 Å². The Morgan fingerprint density at radius 3 is 2.38 bits per heavy atom. The van der Waals surface area contributed by atoms with E-state index in [1.807, 2.05) is 11.8 Å². The maximum atomic E-state index is 12.6. The van der Waals surface area contributed by atoms with Crippen LogP contribution >= 0.6 is 0 Å². The average Bonchev–Trinajstić information content (AvgIpc) is 3.38. The minimum atomic E-state index is -3.08. The van der Waals surface area contributed by atoms with Gasteiger partial charge in [0.1, 0.15) is 0 Å². The van der Waals surface area contributed by atoms with Crippen molar-refractivity contribution in [1.29, 1.82) is 0 Å². The number of piperidine rings is 1. The van der Waals surface area contributed by atoms with Gasteiger partial charge in [-0.25, -0.2) is 12.7 Å². The fourth-order valence-electron chi connectivity index (χ4n) is 4.67. The Morgan fingerprint density at radius 2 is 1.76 bits per heavy atom. The van der Waals surface area contributed by atoms with Gasteiger partial charge in [0.05, 0.1) is 6.26 Å². The zero-order valence-corrected chi connectivity index (χ0v) is 18.7. The monoisotopic (exact) mass is 427 g/mol. The Hall–Kier alpha value is -1.35. The van der Waals surface area contributed by atoms with Crippen LogP contribution in [0.2, 0.25) is 0 Å². The molecule has 29 heavy (non-hydrogen) atoms. The number of carbonyl (C=O) groups excluding carboxylic acids is 1. The second kappa shape index (κ2) is 10.1. The van der Waals surface area contributed by atoms with Crippen molar-refractivity contribution in [3.63, 3.8) is 0 Å². The lowest BCUT2D eigenvalue weighted by molar-refractivity contribution is -0.134. The van der Waals surface area contributed by atoms with Gasteiger partial charge in [-0.3, -0.25) is 9.79 Å². The molecular weight excluding hydrogens is 390 g/mol. The number of hydrogen-bond donors (Lipinski definition) is 2. The van der Waals surface area contributed by atoms with Crippen molar-refractivity contribution < 1.29 is 13.2 Å². The first-order chi connectivity index (χ1) is 13.9. The van der Waals surface area contributed by atoms with Crippen molar-refractivity contribution in [2.24, 2.45) is 16.8 Å². The Morgan fingerprint density at radius 1 is 1.07 bits per heavy atom. The molecule has 1 amide bonds. The van der Waals surface area contributed by atoms with E-state index in [1.165, 1.54) is 19.1 Å². The number of aliphatic imine (C=N–C) groups is 1. The summed E-state index contributed by atoms with van der Waals surface area (Å²) >= 11 is 0. The SMILES string of the molecule is CCNC(=NCC1CCN(S(C)(=O)=O)CC1)NC1CCN(C(=O)C2CCCC2)C1. The number of nitrogens with one attached hydrogen (secondary N) is 2. The lowest BCUT2D eigenvalue weighted by atomic mass is 9.98. The summed E-state index contributed by atoms with van der Waals surface area (Å²) in [6.07, 6.45) is 8.41. The lowest BCUT2D eigenvalue weighted by Crippen LogP contribution is -2.46. The number of amides is 1. The van der Waals surface area contributed by atoms with Gasteiger partial charge in [0.15, 0.2) is 5.96 Å². The molecule has 0 aromatic rings. The third kappa shape index (κ3) is 6.31. The van der Waals surface area contributed by atoms with Crippen LogP contribution in [-0.4, -0.2) is 81.1 Å². The number of carbonyl (C=O) groups is 1. The molecule has 2 N–H and O–H groups in total. The number of likely N-dealkylation sites (tertiary alicyclic amines) is 1. The van der Waals surface area contributed by atoms with E-state index in [9.17, 15) is 13.2 Å². The molecule has 1 atom stereocenters. The van der Waals surface area contributed by atoms with E-state index in [-0.39, 0.29) is 12.0 Å². The zero-order valence-electron chi connectivity index (χ0n) is 17.9. The molecule has 9 heteroatoms. The van der Waals surface area contributed by atoms with E-state index < -0.39 is 10.0 Å². The number of hydrogen-bond acceptors (Lipinski definition) is 4. The molecule has 0 aromatic heterocycles. The quantitative estimate of drug-likeness (QED) is 0.487. The Labute approximate surface area is 175 Å². The van der Waals surface area contributed by atoms with Gasteiger partial charge in [-0.15, -0.1) is 0 Å². The first-order valence-electron chi connectivity index (χ1n) is 11.2. The zero-order chi connectivity index (χ0) is 20.9. The molecule has 1 saturated carbocycles. The van der Waals surface area contributed by atoms with Crippen LogP contribution in [0.4, 0.5) is 0 Å². The maximum absolute atomic E-state index is 12.6. The average molecular weight is 428 g/mol. The minimum Gasteiger partial charge on any atom is -0.357 e. The lowest BCUT2D eigenvalue weighted by Gasteiger charge is -2.29. The van der Waals surface area contributed by atoms with Gasteiger partial charge in [-0.2, -0.15) is 0 Å². The minimum absolute atomic E-state index is 0.241. The number of nitrogens with zero attached hydrogens (tertiary/aromatic N) is 3. The van der Waals surface area contributed by atoms with Gasteiger partial charge >= 0.3 is 0 Å². The summed E-state index contributed by atoms with van der Waals surface area (Å²) in [7, 11) is -3.08. The van der Waals surface area contributed by atoms with E-state index in [2.05, 4.69) is 10.6 Å². The van der Waals surface area contributed by atoms with Gasteiger partial charge in [0.2, 0.25) is 15.9 Å². The van der Waals surface area contributed by atoms with E-state index in [0.717, 1.165) is 57.7 Å². The van der Waals surface area contributed by atoms with Gasteiger partial charge in [0.25, 0.3) is 0 Å². The van der Waals surface area contributed by atoms with Crippen LogP contribution in [0.25, 0.3) is 0 Å². The summed E-state index contributed by atoms with van der Waals surface area (Å²) in [5, 5.41) is 6.81. The molecule has 3 fully saturated rings. The summed E-state index contributed by atoms with van der Waals surface area (Å²) in [6, 6.07) is 0.241. The van der Waals surface area contributed by atoms with Crippen LogP contribution in [0.15, 0.2) is 4.99 Å². The number of sulfonamides is 1. The second-order valence-electron chi connectivity index (χ2n) is 8.72. The summed E-state index contributed by atoms with van der Waals surface area (Å²) in [4.78, 5) is 19.4. The summed E-state index contributed by atoms with van der Waals surface area (Å²) in [5.41, 5.74) is 0. The van der Waals surface area contributed by atoms with Crippen LogP contribution in [0.5, 0.6) is 0 Å². The molecule has 3 rings (SSSR count). The molecule has 0 bridgehead atoms. The number of rotatable bonds is 6. The van der Waals surface area contributed by atoms with Crippen molar-refractivity contribution >= 4 is 21.9 Å².